The van der Waals surface area contributed by atoms with Gasteiger partial charge in [-0.3, -0.25) is 9.10 Å². The van der Waals surface area contributed by atoms with Gasteiger partial charge in [-0.25, -0.2) is 8.42 Å². The Labute approximate surface area is 176 Å². The van der Waals surface area contributed by atoms with Crippen LogP contribution in [0.25, 0.3) is 0 Å². The van der Waals surface area contributed by atoms with E-state index in [9.17, 15) is 13.2 Å². The number of para-hydroxylation sites is 1. The van der Waals surface area contributed by atoms with E-state index in [1.807, 2.05) is 0 Å². The van der Waals surface area contributed by atoms with Crippen molar-refractivity contribution in [2.24, 2.45) is 0 Å². The Balaban J connectivity index is 1.92. The van der Waals surface area contributed by atoms with Gasteiger partial charge in [0.1, 0.15) is 4.90 Å². The molecule has 0 radical (unpaired) electrons. The number of halogens is 1. The molecule has 3 rings (SSSR count). The monoisotopic (exact) mass is 434 g/mol. The Bertz CT molecular complexity index is 973. The first-order chi connectivity index (χ1) is 13.9. The highest BCUT2D eigenvalue weighted by Gasteiger charge is 2.28. The average molecular weight is 435 g/mol. The number of sulfonamides is 1. The molecule has 1 heterocycles. The number of nitrogens with one attached hydrogen (secondary N) is 1. The second kappa shape index (κ2) is 9.43. The van der Waals surface area contributed by atoms with Crippen LogP contribution >= 0.6 is 11.6 Å². The van der Waals surface area contributed by atoms with E-state index < -0.39 is 10.0 Å². The van der Waals surface area contributed by atoms with Gasteiger partial charge in [0.2, 0.25) is 0 Å². The van der Waals surface area contributed by atoms with Gasteiger partial charge in [-0.15, -0.1) is 6.58 Å². The molecule has 2 aromatic carbocycles. The van der Waals surface area contributed by atoms with Gasteiger partial charge in [0.25, 0.3) is 15.9 Å². The van der Waals surface area contributed by atoms with Gasteiger partial charge in [-0.1, -0.05) is 35.9 Å². The number of benzene rings is 2. The van der Waals surface area contributed by atoms with Crippen LogP contribution in [0.3, 0.4) is 0 Å². The molecule has 2 aromatic rings. The fourth-order valence-electron chi connectivity index (χ4n) is 3.14. The van der Waals surface area contributed by atoms with Crippen molar-refractivity contribution in [1.82, 2.24) is 5.32 Å². The minimum absolute atomic E-state index is 0.0487. The van der Waals surface area contributed by atoms with Crippen molar-refractivity contribution >= 4 is 33.2 Å². The lowest BCUT2D eigenvalue weighted by Crippen LogP contribution is -2.40. The first-order valence-electron chi connectivity index (χ1n) is 9.30. The molecule has 0 spiro atoms. The zero-order valence-corrected chi connectivity index (χ0v) is 17.5. The molecule has 1 N–H and O–H groups in total. The van der Waals surface area contributed by atoms with Gasteiger partial charge in [0.05, 0.1) is 29.9 Å². The largest absolute Gasteiger partial charge is 0.379 e. The molecule has 0 aliphatic carbocycles. The molecule has 0 saturated carbocycles. The number of carbonyl (C=O) groups is 1. The minimum Gasteiger partial charge on any atom is -0.379 e. The molecule has 1 aliphatic rings. The maximum Gasteiger partial charge on any atom is 0.266 e. The van der Waals surface area contributed by atoms with Crippen molar-refractivity contribution in [2.75, 3.05) is 24.1 Å². The zero-order chi connectivity index (χ0) is 20.9. The summed E-state index contributed by atoms with van der Waals surface area (Å²) in [6.07, 6.45) is 3.20. The Morgan fingerprint density at radius 2 is 2.03 bits per heavy atom. The Kier molecular flexibility index (Phi) is 6.95. The van der Waals surface area contributed by atoms with Gasteiger partial charge in [0, 0.05) is 12.2 Å². The third kappa shape index (κ3) is 4.98. The normalized spacial score (nSPS) is 16.8. The number of hydrogen-bond acceptors (Lipinski definition) is 4. The van der Waals surface area contributed by atoms with E-state index >= 15 is 0 Å². The SMILES string of the molecule is C=CCN(c1ccccc1)S(=O)(=O)c1cc(C(=O)NC2CCCOC2)ccc1Cl. The van der Waals surface area contributed by atoms with Crippen molar-refractivity contribution in [1.29, 1.82) is 0 Å². The summed E-state index contributed by atoms with van der Waals surface area (Å²) in [5, 5.41) is 2.94. The van der Waals surface area contributed by atoms with E-state index in [4.69, 9.17) is 16.3 Å². The third-order valence-corrected chi connectivity index (χ3v) is 6.87. The number of amides is 1. The van der Waals surface area contributed by atoms with E-state index in [-0.39, 0.29) is 34.0 Å². The lowest BCUT2D eigenvalue weighted by Gasteiger charge is -2.25. The lowest BCUT2D eigenvalue weighted by atomic mass is 10.1. The zero-order valence-electron chi connectivity index (χ0n) is 15.9. The van der Waals surface area contributed by atoms with Crippen LogP contribution in [0.2, 0.25) is 5.02 Å². The number of anilines is 1. The van der Waals surface area contributed by atoms with Crippen LogP contribution in [0.15, 0.2) is 66.1 Å². The summed E-state index contributed by atoms with van der Waals surface area (Å²) in [5.74, 6) is -0.358. The van der Waals surface area contributed by atoms with Gasteiger partial charge in [0.15, 0.2) is 0 Å². The molecule has 1 atom stereocenters. The molecule has 1 aliphatic heterocycles. The molecular formula is C21H23ClN2O4S. The molecule has 6 nitrogen and oxygen atoms in total. The smallest absolute Gasteiger partial charge is 0.266 e. The fourth-order valence-corrected chi connectivity index (χ4v) is 5.08. The fraction of sp³-hybridized carbons (Fsp3) is 0.286. The summed E-state index contributed by atoms with van der Waals surface area (Å²) < 4.78 is 33.3. The highest BCUT2D eigenvalue weighted by molar-refractivity contribution is 7.93. The van der Waals surface area contributed by atoms with Crippen LogP contribution in [-0.4, -0.2) is 40.1 Å². The maximum absolute atomic E-state index is 13.4. The molecule has 1 unspecified atom stereocenters. The van der Waals surface area contributed by atoms with Gasteiger partial charge >= 0.3 is 0 Å². The first-order valence-corrected chi connectivity index (χ1v) is 11.1. The Hall–Kier alpha value is -2.35. The quantitative estimate of drug-likeness (QED) is 0.675. The highest BCUT2D eigenvalue weighted by atomic mass is 35.5. The number of nitrogens with zero attached hydrogens (tertiary/aromatic N) is 1. The van der Waals surface area contributed by atoms with E-state index in [2.05, 4.69) is 11.9 Å². The Morgan fingerprint density at radius 3 is 2.69 bits per heavy atom. The molecule has 0 aromatic heterocycles. The van der Waals surface area contributed by atoms with Crippen LogP contribution in [-0.2, 0) is 14.8 Å². The van der Waals surface area contributed by atoms with E-state index in [1.54, 1.807) is 30.3 Å². The number of hydrogen-bond donors (Lipinski definition) is 1. The summed E-state index contributed by atoms with van der Waals surface area (Å²) in [6.45, 7) is 4.86. The van der Waals surface area contributed by atoms with Gasteiger partial charge in [-0.2, -0.15) is 0 Å². The second-order valence-corrected chi connectivity index (χ2v) is 8.93. The maximum atomic E-state index is 13.4. The molecule has 29 heavy (non-hydrogen) atoms. The molecule has 8 heteroatoms. The van der Waals surface area contributed by atoms with Crippen LogP contribution in [0.4, 0.5) is 5.69 Å². The van der Waals surface area contributed by atoms with Crippen molar-refractivity contribution < 1.29 is 17.9 Å². The molecule has 1 saturated heterocycles. The van der Waals surface area contributed by atoms with Crippen LogP contribution in [0.5, 0.6) is 0 Å². The van der Waals surface area contributed by atoms with E-state index in [0.29, 0.717) is 18.9 Å². The van der Waals surface area contributed by atoms with Crippen molar-refractivity contribution in [3.8, 4) is 0 Å². The molecule has 0 bridgehead atoms. The predicted molar refractivity (Wildman–Crippen MR) is 114 cm³/mol. The highest BCUT2D eigenvalue weighted by Crippen LogP contribution is 2.29. The number of rotatable bonds is 7. The van der Waals surface area contributed by atoms with E-state index in [0.717, 1.165) is 12.8 Å². The topological polar surface area (TPSA) is 75.7 Å². The summed E-state index contributed by atoms with van der Waals surface area (Å²) >= 11 is 6.23. The van der Waals surface area contributed by atoms with Crippen molar-refractivity contribution in [3.05, 3.63) is 71.8 Å². The predicted octanol–water partition coefficient (Wildman–Crippen LogP) is 3.63. The second-order valence-electron chi connectivity index (χ2n) is 6.69. The standard InChI is InChI=1S/C21H23ClN2O4S/c1-2-12-24(18-8-4-3-5-9-18)29(26,27)20-14-16(10-11-19(20)22)21(25)23-17-7-6-13-28-15-17/h2-5,8-11,14,17H,1,6-7,12-13,15H2,(H,23,25). The van der Waals surface area contributed by atoms with Crippen LogP contribution in [0, 0.1) is 0 Å². The summed E-state index contributed by atoms with van der Waals surface area (Å²) in [4.78, 5) is 12.5. The molecule has 154 valence electrons. The summed E-state index contributed by atoms with van der Waals surface area (Å²) in [6, 6.07) is 12.8. The van der Waals surface area contributed by atoms with Gasteiger partial charge < -0.3 is 10.1 Å². The van der Waals surface area contributed by atoms with E-state index in [1.165, 1.54) is 28.6 Å². The number of carbonyl (C=O) groups excluding carboxylic acids is 1. The number of ether oxygens (including phenoxy) is 1. The Morgan fingerprint density at radius 1 is 1.28 bits per heavy atom. The van der Waals surface area contributed by atoms with Crippen molar-refractivity contribution in [3.63, 3.8) is 0 Å². The molecular weight excluding hydrogens is 412 g/mol. The summed E-state index contributed by atoms with van der Waals surface area (Å²) in [7, 11) is -4.01. The minimum atomic E-state index is -4.01. The molecule has 1 fully saturated rings. The van der Waals surface area contributed by atoms with Crippen LogP contribution in [0.1, 0.15) is 23.2 Å². The lowest BCUT2D eigenvalue weighted by molar-refractivity contribution is 0.0624. The summed E-state index contributed by atoms with van der Waals surface area (Å²) in [5.41, 5.74) is 0.711. The van der Waals surface area contributed by atoms with Crippen molar-refractivity contribution in [2.45, 2.75) is 23.8 Å². The first kappa shape index (κ1) is 21.4. The third-order valence-electron chi connectivity index (χ3n) is 4.60. The van der Waals surface area contributed by atoms with Gasteiger partial charge in [-0.05, 0) is 43.2 Å². The molecule has 1 amide bonds. The average Bonchev–Trinajstić information content (AvgIpc) is 2.73. The van der Waals surface area contributed by atoms with Crippen LogP contribution < -0.4 is 9.62 Å².